The van der Waals surface area contributed by atoms with Gasteiger partial charge in [-0.2, -0.15) is 0 Å². The zero-order valence-corrected chi connectivity index (χ0v) is 20.0. The number of halogens is 1. The number of thioether (sulfide) groups is 1. The molecule has 4 rings (SSSR count). The van der Waals surface area contributed by atoms with E-state index in [2.05, 4.69) is 5.32 Å². The minimum atomic E-state index is -0.503. The predicted octanol–water partition coefficient (Wildman–Crippen LogP) is 5.22. The Morgan fingerprint density at radius 2 is 1.79 bits per heavy atom. The number of para-hydroxylation sites is 1. The summed E-state index contributed by atoms with van der Waals surface area (Å²) in [6.45, 7) is 1.79. The van der Waals surface area contributed by atoms with Crippen molar-refractivity contribution in [3.63, 3.8) is 0 Å². The highest BCUT2D eigenvalue weighted by atomic mass is 35.5. The molecule has 1 atom stereocenters. The van der Waals surface area contributed by atoms with E-state index in [9.17, 15) is 9.59 Å². The average Bonchev–Trinajstić information content (AvgIpc) is 2.79. The summed E-state index contributed by atoms with van der Waals surface area (Å²) >= 11 is 7.41. The van der Waals surface area contributed by atoms with E-state index in [0.717, 1.165) is 5.69 Å². The monoisotopic (exact) mass is 478 g/mol. The molecule has 0 aliphatic carbocycles. The minimum Gasteiger partial charge on any atom is -0.378 e. The van der Waals surface area contributed by atoms with Crippen LogP contribution in [0, 0.1) is 0 Å². The lowest BCUT2D eigenvalue weighted by molar-refractivity contribution is -0.115. The maximum Gasteiger partial charge on any atom is 0.266 e. The third-order valence-electron chi connectivity index (χ3n) is 5.11. The molecule has 8 heteroatoms. The molecule has 0 radical (unpaired) electrons. The summed E-state index contributed by atoms with van der Waals surface area (Å²) in [7, 11) is 3.92. The van der Waals surface area contributed by atoms with Crippen molar-refractivity contribution < 1.29 is 4.79 Å². The van der Waals surface area contributed by atoms with Crippen LogP contribution in [0.25, 0.3) is 16.6 Å². The molecule has 168 valence electrons. The van der Waals surface area contributed by atoms with Crippen LogP contribution in [0.2, 0.25) is 5.02 Å². The van der Waals surface area contributed by atoms with Gasteiger partial charge in [0.1, 0.15) is 0 Å². The van der Waals surface area contributed by atoms with E-state index < -0.39 is 5.25 Å². The van der Waals surface area contributed by atoms with Crippen molar-refractivity contribution >= 4 is 51.5 Å². The molecule has 4 aromatic rings. The molecule has 0 saturated carbocycles. The highest BCUT2D eigenvalue weighted by Crippen LogP contribution is 2.27. The second kappa shape index (κ2) is 9.68. The van der Waals surface area contributed by atoms with E-state index in [4.69, 9.17) is 16.6 Å². The number of hydrogen-bond acceptors (Lipinski definition) is 5. The summed E-state index contributed by atoms with van der Waals surface area (Å²) in [5, 5.41) is 3.86. The smallest absolute Gasteiger partial charge is 0.266 e. The largest absolute Gasteiger partial charge is 0.378 e. The topological polar surface area (TPSA) is 67.2 Å². The SMILES string of the molecule is CC(Sc1nc2ccccc2c(=O)n1-c1cccc(Cl)c1)C(=O)Nc1ccc(N(C)C)cc1. The fourth-order valence-corrected chi connectivity index (χ4v) is 4.44. The van der Waals surface area contributed by atoms with Gasteiger partial charge in [-0.05, 0) is 61.5 Å². The summed E-state index contributed by atoms with van der Waals surface area (Å²) in [6, 6.07) is 21.8. The molecule has 0 saturated heterocycles. The zero-order chi connectivity index (χ0) is 23.5. The summed E-state index contributed by atoms with van der Waals surface area (Å²) < 4.78 is 1.51. The molecule has 0 bridgehead atoms. The van der Waals surface area contributed by atoms with Crippen molar-refractivity contribution in [3.05, 3.63) is 88.2 Å². The molecule has 3 aromatic carbocycles. The van der Waals surface area contributed by atoms with Gasteiger partial charge in [-0.3, -0.25) is 14.2 Å². The molecule has 1 unspecified atom stereocenters. The standard InChI is InChI=1S/C25H23ClN4O2S/c1-16(23(31)27-18-11-13-19(14-12-18)29(2)3)33-25-28-22-10-5-4-9-21(22)24(32)30(25)20-8-6-7-17(26)15-20/h4-16H,1-3H3,(H,27,31). The third kappa shape index (κ3) is 5.05. The van der Waals surface area contributed by atoms with Crippen molar-refractivity contribution in [2.75, 3.05) is 24.3 Å². The Morgan fingerprint density at radius 1 is 1.06 bits per heavy atom. The van der Waals surface area contributed by atoms with Crippen LogP contribution in [-0.4, -0.2) is 34.8 Å². The number of amides is 1. The number of carbonyl (C=O) groups excluding carboxylic acids is 1. The molecular formula is C25H23ClN4O2S. The van der Waals surface area contributed by atoms with Crippen molar-refractivity contribution in [2.45, 2.75) is 17.3 Å². The molecule has 1 N–H and O–H groups in total. The van der Waals surface area contributed by atoms with E-state index in [1.54, 1.807) is 49.4 Å². The Bertz CT molecular complexity index is 1370. The number of rotatable bonds is 6. The Balaban J connectivity index is 1.66. The molecule has 0 aliphatic heterocycles. The van der Waals surface area contributed by atoms with Crippen molar-refractivity contribution in [3.8, 4) is 5.69 Å². The van der Waals surface area contributed by atoms with Gasteiger partial charge in [0.2, 0.25) is 5.91 Å². The molecule has 33 heavy (non-hydrogen) atoms. The summed E-state index contributed by atoms with van der Waals surface area (Å²) in [4.78, 5) is 33.0. The van der Waals surface area contributed by atoms with Crippen LogP contribution >= 0.6 is 23.4 Å². The Hall–Kier alpha value is -3.29. The van der Waals surface area contributed by atoms with E-state index in [0.29, 0.717) is 32.5 Å². The van der Waals surface area contributed by atoms with Crippen molar-refractivity contribution in [2.24, 2.45) is 0 Å². The second-order valence-electron chi connectivity index (χ2n) is 7.72. The number of nitrogens with zero attached hydrogens (tertiary/aromatic N) is 3. The minimum absolute atomic E-state index is 0.183. The maximum absolute atomic E-state index is 13.4. The third-order valence-corrected chi connectivity index (χ3v) is 6.40. The van der Waals surface area contributed by atoms with Crippen molar-refractivity contribution in [1.29, 1.82) is 0 Å². The number of nitrogens with one attached hydrogen (secondary N) is 1. The van der Waals surface area contributed by atoms with Crippen LogP contribution in [0.5, 0.6) is 0 Å². The number of hydrogen-bond donors (Lipinski definition) is 1. The zero-order valence-electron chi connectivity index (χ0n) is 18.4. The maximum atomic E-state index is 13.4. The summed E-state index contributed by atoms with van der Waals surface area (Å²) in [6.07, 6.45) is 0. The van der Waals surface area contributed by atoms with Crippen LogP contribution < -0.4 is 15.8 Å². The van der Waals surface area contributed by atoms with Gasteiger partial charge >= 0.3 is 0 Å². The van der Waals surface area contributed by atoms with Gasteiger partial charge in [-0.15, -0.1) is 0 Å². The van der Waals surface area contributed by atoms with Crippen LogP contribution in [0.15, 0.2) is 82.7 Å². The van der Waals surface area contributed by atoms with Gasteiger partial charge < -0.3 is 10.2 Å². The van der Waals surface area contributed by atoms with Gasteiger partial charge in [-0.1, -0.05) is 41.6 Å². The predicted molar refractivity (Wildman–Crippen MR) is 137 cm³/mol. The first-order valence-electron chi connectivity index (χ1n) is 10.4. The first kappa shape index (κ1) is 22.9. The van der Waals surface area contributed by atoms with Crippen molar-refractivity contribution in [1.82, 2.24) is 9.55 Å². The normalized spacial score (nSPS) is 11.9. The van der Waals surface area contributed by atoms with Gasteiger partial charge in [0.25, 0.3) is 5.56 Å². The quantitative estimate of drug-likeness (QED) is 0.304. The van der Waals surface area contributed by atoms with Gasteiger partial charge in [0.15, 0.2) is 5.16 Å². The van der Waals surface area contributed by atoms with Crippen LogP contribution in [0.3, 0.4) is 0 Å². The highest BCUT2D eigenvalue weighted by Gasteiger charge is 2.20. The van der Waals surface area contributed by atoms with E-state index in [1.165, 1.54) is 16.3 Å². The molecular weight excluding hydrogens is 456 g/mol. The lowest BCUT2D eigenvalue weighted by Gasteiger charge is -2.17. The number of aromatic nitrogens is 2. The molecule has 1 heterocycles. The van der Waals surface area contributed by atoms with Gasteiger partial charge in [0.05, 0.1) is 21.8 Å². The molecule has 1 amide bonds. The molecule has 0 spiro atoms. The Morgan fingerprint density at radius 3 is 2.48 bits per heavy atom. The van der Waals surface area contributed by atoms with Crippen LogP contribution in [0.1, 0.15) is 6.92 Å². The summed E-state index contributed by atoms with van der Waals surface area (Å²) in [5.74, 6) is -0.183. The number of benzene rings is 3. The molecule has 1 aromatic heterocycles. The fraction of sp³-hybridized carbons (Fsp3) is 0.160. The lowest BCUT2D eigenvalue weighted by atomic mass is 10.2. The Kier molecular flexibility index (Phi) is 6.72. The fourth-order valence-electron chi connectivity index (χ4n) is 3.33. The average molecular weight is 479 g/mol. The van der Waals surface area contributed by atoms with Gasteiger partial charge in [0, 0.05) is 30.5 Å². The van der Waals surface area contributed by atoms with Crippen LogP contribution in [-0.2, 0) is 4.79 Å². The van der Waals surface area contributed by atoms with E-state index >= 15 is 0 Å². The number of carbonyl (C=O) groups is 1. The van der Waals surface area contributed by atoms with E-state index in [-0.39, 0.29) is 11.5 Å². The molecule has 0 aliphatic rings. The van der Waals surface area contributed by atoms with Gasteiger partial charge in [-0.25, -0.2) is 4.98 Å². The number of fused-ring (bicyclic) bond motifs is 1. The van der Waals surface area contributed by atoms with Crippen LogP contribution in [0.4, 0.5) is 11.4 Å². The van der Waals surface area contributed by atoms with E-state index in [1.807, 2.05) is 49.3 Å². The Labute approximate surface area is 201 Å². The summed E-state index contributed by atoms with van der Waals surface area (Å²) in [5.41, 5.74) is 2.71. The first-order chi connectivity index (χ1) is 15.8. The first-order valence-corrected chi connectivity index (χ1v) is 11.6. The molecule has 6 nitrogen and oxygen atoms in total. The molecule has 0 fully saturated rings. The highest BCUT2D eigenvalue weighted by molar-refractivity contribution is 8.00. The number of anilines is 2. The lowest BCUT2D eigenvalue weighted by Crippen LogP contribution is -2.26. The second-order valence-corrected chi connectivity index (χ2v) is 9.47.